The van der Waals surface area contributed by atoms with Gasteiger partial charge in [0.2, 0.25) is 0 Å². The number of hydrogen-bond donors (Lipinski definition) is 1. The van der Waals surface area contributed by atoms with Gasteiger partial charge in [0.1, 0.15) is 0 Å². The Balaban J connectivity index is 0.000000325. The molecule has 1 aromatic rings. The minimum Gasteiger partial charge on any atom is -0.481 e. The molecule has 0 unspecified atom stereocenters. The van der Waals surface area contributed by atoms with Gasteiger partial charge in [-0.2, -0.15) is 0 Å². The second-order valence-corrected chi connectivity index (χ2v) is 2.92. The maximum Gasteiger partial charge on any atom is 0.307 e. The van der Waals surface area contributed by atoms with Crippen molar-refractivity contribution in [3.8, 4) is 0 Å². The number of hydrogen-bond acceptors (Lipinski definition) is 1. The van der Waals surface area contributed by atoms with Gasteiger partial charge in [-0.1, -0.05) is 55.7 Å². The second-order valence-electron chi connectivity index (χ2n) is 2.92. The van der Waals surface area contributed by atoms with Crippen LogP contribution in [0, 0.1) is 0 Å². The highest BCUT2D eigenvalue weighted by atomic mass is 16.4. The van der Waals surface area contributed by atoms with Crippen LogP contribution in [0.3, 0.4) is 0 Å². The van der Waals surface area contributed by atoms with E-state index < -0.39 is 5.97 Å². The summed E-state index contributed by atoms with van der Waals surface area (Å²) in [7, 11) is 0. The van der Waals surface area contributed by atoms with Crippen LogP contribution in [-0.2, 0) is 4.79 Å². The van der Waals surface area contributed by atoms with E-state index in [9.17, 15) is 4.79 Å². The van der Waals surface area contributed by atoms with Gasteiger partial charge in [0.15, 0.2) is 0 Å². The van der Waals surface area contributed by atoms with Crippen molar-refractivity contribution in [3.63, 3.8) is 0 Å². The van der Waals surface area contributed by atoms with Crippen molar-refractivity contribution in [2.45, 2.75) is 6.42 Å². The van der Waals surface area contributed by atoms with Crippen molar-refractivity contribution < 1.29 is 9.90 Å². The van der Waals surface area contributed by atoms with Gasteiger partial charge in [-0.05, 0) is 11.1 Å². The quantitative estimate of drug-likeness (QED) is 0.780. The molecule has 1 N–H and O–H groups in total. The fourth-order valence-corrected chi connectivity index (χ4v) is 1.01. The number of carboxylic acids is 1. The van der Waals surface area contributed by atoms with Gasteiger partial charge in [-0.15, -0.1) is 6.58 Å². The fraction of sp³-hybridized carbons (Fsp3) is 0.0714. The first-order chi connectivity index (χ1) is 7.65. The average molecular weight is 216 g/mol. The number of rotatable bonds is 4. The Kier molecular flexibility index (Phi) is 7.16. The van der Waals surface area contributed by atoms with Crippen molar-refractivity contribution >= 4 is 18.1 Å². The summed E-state index contributed by atoms with van der Waals surface area (Å²) in [6, 6.07) is 8.02. The molecule has 2 nitrogen and oxygen atoms in total. The van der Waals surface area contributed by atoms with Gasteiger partial charge in [-0.25, -0.2) is 0 Å². The minimum absolute atomic E-state index is 0.0556. The van der Waals surface area contributed by atoms with E-state index in [0.717, 1.165) is 11.1 Å². The first-order valence-electron chi connectivity index (χ1n) is 4.82. The lowest BCUT2D eigenvalue weighted by Gasteiger charge is -1.96. The highest BCUT2D eigenvalue weighted by Gasteiger charge is 1.89. The second kappa shape index (κ2) is 8.24. The van der Waals surface area contributed by atoms with E-state index >= 15 is 0 Å². The van der Waals surface area contributed by atoms with Crippen LogP contribution < -0.4 is 0 Å². The smallest absolute Gasteiger partial charge is 0.307 e. The van der Waals surface area contributed by atoms with Gasteiger partial charge in [0, 0.05) is 0 Å². The van der Waals surface area contributed by atoms with Gasteiger partial charge >= 0.3 is 5.97 Å². The number of benzene rings is 1. The molecule has 0 atom stereocenters. The molecule has 84 valence electrons. The molecule has 2 heteroatoms. The minimum atomic E-state index is -0.829. The van der Waals surface area contributed by atoms with Gasteiger partial charge in [-0.3, -0.25) is 4.79 Å². The molecule has 0 saturated heterocycles. The Morgan fingerprint density at radius 2 is 1.56 bits per heavy atom. The predicted molar refractivity (Wildman–Crippen MR) is 69.1 cm³/mol. The Labute approximate surface area is 96.2 Å². The van der Waals surface area contributed by atoms with Crippen LogP contribution in [0.25, 0.3) is 12.2 Å². The van der Waals surface area contributed by atoms with E-state index in [0.29, 0.717) is 0 Å². The Morgan fingerprint density at radius 3 is 1.75 bits per heavy atom. The topological polar surface area (TPSA) is 37.3 Å². The monoisotopic (exact) mass is 216 g/mol. The standard InChI is InChI=1S/C10H10.C4H6O2/c1-3-9-7-5-6-8-10(9)4-2;1-2-3-4(5)6/h3-8H,1-2H2;2H,1,3H2,(H,5,6). The van der Waals surface area contributed by atoms with E-state index in [-0.39, 0.29) is 6.42 Å². The normalized spacial score (nSPS) is 8.25. The molecule has 0 aliphatic carbocycles. The maximum atomic E-state index is 9.53. The lowest BCUT2D eigenvalue weighted by atomic mass is 10.1. The van der Waals surface area contributed by atoms with E-state index in [1.54, 1.807) is 0 Å². The molecular formula is C14H16O2. The van der Waals surface area contributed by atoms with Crippen LogP contribution >= 0.6 is 0 Å². The summed E-state index contributed by atoms with van der Waals surface area (Å²) in [6.07, 6.45) is 5.07. The zero-order valence-electron chi connectivity index (χ0n) is 9.23. The molecule has 0 heterocycles. The average Bonchev–Trinajstić information content (AvgIpc) is 2.29. The van der Waals surface area contributed by atoms with Crippen molar-refractivity contribution in [2.75, 3.05) is 0 Å². The van der Waals surface area contributed by atoms with Crippen molar-refractivity contribution in [1.82, 2.24) is 0 Å². The largest absolute Gasteiger partial charge is 0.481 e. The summed E-state index contributed by atoms with van der Waals surface area (Å²) in [6.45, 7) is 10.6. The van der Waals surface area contributed by atoms with E-state index in [2.05, 4.69) is 19.7 Å². The third-order valence-corrected chi connectivity index (χ3v) is 1.75. The number of aliphatic carboxylic acids is 1. The summed E-state index contributed by atoms with van der Waals surface area (Å²) in [5, 5.41) is 7.84. The Bertz CT molecular complexity index is 351. The molecule has 0 saturated carbocycles. The third kappa shape index (κ3) is 5.60. The number of carboxylic acid groups (broad SMARTS) is 1. The lowest BCUT2D eigenvalue weighted by molar-refractivity contribution is -0.135. The molecule has 0 aliphatic rings. The van der Waals surface area contributed by atoms with Gasteiger partial charge < -0.3 is 5.11 Å². The molecule has 0 aliphatic heterocycles. The van der Waals surface area contributed by atoms with Crippen molar-refractivity contribution in [1.29, 1.82) is 0 Å². The molecule has 16 heavy (non-hydrogen) atoms. The first kappa shape index (κ1) is 13.9. The SMILES string of the molecule is C=CCC(=O)O.C=Cc1ccccc1C=C. The maximum absolute atomic E-state index is 9.53. The molecule has 1 aromatic carbocycles. The lowest BCUT2D eigenvalue weighted by Crippen LogP contribution is -1.88. The molecule has 0 fully saturated rings. The summed E-state index contributed by atoms with van der Waals surface area (Å²) in [4.78, 5) is 9.53. The highest BCUT2D eigenvalue weighted by molar-refractivity contribution is 5.68. The Morgan fingerprint density at radius 1 is 1.12 bits per heavy atom. The summed E-state index contributed by atoms with van der Waals surface area (Å²) in [5.41, 5.74) is 2.27. The van der Waals surface area contributed by atoms with E-state index in [4.69, 9.17) is 5.11 Å². The summed E-state index contributed by atoms with van der Waals surface area (Å²) in [5.74, 6) is -0.829. The van der Waals surface area contributed by atoms with Crippen LogP contribution in [-0.4, -0.2) is 11.1 Å². The number of carbonyl (C=O) groups is 1. The van der Waals surface area contributed by atoms with Crippen LogP contribution in [0.5, 0.6) is 0 Å². The van der Waals surface area contributed by atoms with E-state index in [1.807, 2.05) is 36.4 Å². The summed E-state index contributed by atoms with van der Waals surface area (Å²) < 4.78 is 0. The molecule has 0 radical (unpaired) electrons. The Hall–Kier alpha value is -2.09. The predicted octanol–water partition coefficient (Wildman–Crippen LogP) is 3.62. The van der Waals surface area contributed by atoms with Crippen LogP contribution in [0.15, 0.2) is 50.1 Å². The zero-order valence-corrected chi connectivity index (χ0v) is 9.23. The first-order valence-corrected chi connectivity index (χ1v) is 4.82. The molecular weight excluding hydrogens is 200 g/mol. The highest BCUT2D eigenvalue weighted by Crippen LogP contribution is 2.10. The van der Waals surface area contributed by atoms with Crippen molar-refractivity contribution in [2.24, 2.45) is 0 Å². The fourth-order valence-electron chi connectivity index (χ4n) is 1.01. The molecule has 1 rings (SSSR count). The third-order valence-electron chi connectivity index (χ3n) is 1.75. The van der Waals surface area contributed by atoms with Crippen LogP contribution in [0.1, 0.15) is 17.5 Å². The van der Waals surface area contributed by atoms with Gasteiger partial charge in [0.05, 0.1) is 6.42 Å². The van der Waals surface area contributed by atoms with Gasteiger partial charge in [0.25, 0.3) is 0 Å². The molecule has 0 bridgehead atoms. The summed E-state index contributed by atoms with van der Waals surface area (Å²) >= 11 is 0. The van der Waals surface area contributed by atoms with E-state index in [1.165, 1.54) is 6.08 Å². The van der Waals surface area contributed by atoms with Crippen molar-refractivity contribution in [3.05, 3.63) is 61.2 Å². The zero-order chi connectivity index (χ0) is 12.4. The molecule has 0 aromatic heterocycles. The molecule has 0 spiro atoms. The van der Waals surface area contributed by atoms with Crippen LogP contribution in [0.2, 0.25) is 0 Å². The molecule has 0 amide bonds. The van der Waals surface area contributed by atoms with Crippen LogP contribution in [0.4, 0.5) is 0 Å².